The fraction of sp³-hybridized carbons (Fsp3) is 0.808. The zero-order valence-corrected chi connectivity index (χ0v) is 24.6. The molecule has 0 aromatic heterocycles. The number of likely N-dealkylation sites (tertiary alicyclic amines) is 1. The highest BCUT2D eigenvalue weighted by Crippen LogP contribution is 2.20. The quantitative estimate of drug-likeness (QED) is 0.329. The van der Waals surface area contributed by atoms with Gasteiger partial charge in [0.1, 0.15) is 29.3 Å². The summed E-state index contributed by atoms with van der Waals surface area (Å²) in [4.78, 5) is 67.5. The van der Waals surface area contributed by atoms with Crippen LogP contribution in [0, 0.1) is 5.92 Å². The van der Waals surface area contributed by atoms with Gasteiger partial charge in [-0.05, 0) is 73.9 Å². The lowest BCUT2D eigenvalue weighted by molar-refractivity contribution is -0.147. The van der Waals surface area contributed by atoms with Crippen LogP contribution in [0.3, 0.4) is 0 Å². The number of likely N-dealkylation sites (N-methyl/N-ethyl adjacent to an activating group) is 1. The van der Waals surface area contributed by atoms with Crippen LogP contribution < -0.4 is 16.0 Å². The Morgan fingerprint density at radius 1 is 1.00 bits per heavy atom. The Labute approximate surface area is 226 Å². The number of carbonyl (C=O) groups excluding carboxylic acids is 5. The summed E-state index contributed by atoms with van der Waals surface area (Å²) in [6.07, 6.45) is 0.660. The molecule has 1 rings (SSSR count). The van der Waals surface area contributed by atoms with Crippen molar-refractivity contribution in [2.75, 3.05) is 34.3 Å². The van der Waals surface area contributed by atoms with E-state index in [9.17, 15) is 24.0 Å². The van der Waals surface area contributed by atoms with Crippen LogP contribution in [0.1, 0.15) is 67.7 Å². The molecule has 0 aliphatic carbocycles. The van der Waals surface area contributed by atoms with Crippen LogP contribution in [-0.2, 0) is 28.7 Å². The normalized spacial score (nSPS) is 17.6. The predicted octanol–water partition coefficient (Wildman–Crippen LogP) is 1.03. The molecule has 0 bridgehead atoms. The number of carbonyl (C=O) groups is 5. The number of esters is 1. The molecule has 0 aromatic carbocycles. The second-order valence-corrected chi connectivity index (χ2v) is 11.9. The topological polar surface area (TPSA) is 146 Å². The lowest BCUT2D eigenvalue weighted by Gasteiger charge is -2.33. The van der Waals surface area contributed by atoms with E-state index in [4.69, 9.17) is 9.47 Å². The molecule has 1 fully saturated rings. The minimum absolute atomic E-state index is 0.125. The van der Waals surface area contributed by atoms with Gasteiger partial charge in [-0.3, -0.25) is 14.4 Å². The Hall–Kier alpha value is -2.89. The fourth-order valence-corrected chi connectivity index (χ4v) is 4.12. The van der Waals surface area contributed by atoms with Gasteiger partial charge in [-0.25, -0.2) is 9.59 Å². The first-order valence-corrected chi connectivity index (χ1v) is 13.0. The molecule has 4 amide bonds. The van der Waals surface area contributed by atoms with Crippen LogP contribution in [0.4, 0.5) is 4.79 Å². The number of hydrogen-bond acceptors (Lipinski definition) is 8. The van der Waals surface area contributed by atoms with Gasteiger partial charge in [0.15, 0.2) is 0 Å². The van der Waals surface area contributed by atoms with Crippen molar-refractivity contribution in [3.63, 3.8) is 0 Å². The van der Waals surface area contributed by atoms with E-state index in [1.54, 1.807) is 39.8 Å². The van der Waals surface area contributed by atoms with E-state index in [0.717, 1.165) is 0 Å². The summed E-state index contributed by atoms with van der Waals surface area (Å²) < 4.78 is 10.1. The maximum absolute atomic E-state index is 13.5. The molecule has 1 saturated heterocycles. The van der Waals surface area contributed by atoms with E-state index in [0.29, 0.717) is 25.8 Å². The van der Waals surface area contributed by atoms with Crippen molar-refractivity contribution in [2.24, 2.45) is 5.92 Å². The number of rotatable bonds is 11. The third kappa shape index (κ3) is 10.5. The molecule has 38 heavy (non-hydrogen) atoms. The molecule has 0 aromatic rings. The van der Waals surface area contributed by atoms with Gasteiger partial charge in [-0.1, -0.05) is 13.8 Å². The summed E-state index contributed by atoms with van der Waals surface area (Å²) >= 11 is 0. The maximum atomic E-state index is 13.5. The smallest absolute Gasteiger partial charge is 0.408 e. The van der Waals surface area contributed by atoms with E-state index in [-0.39, 0.29) is 12.5 Å². The molecule has 0 spiro atoms. The molecule has 1 aliphatic rings. The zero-order valence-electron chi connectivity index (χ0n) is 24.6. The first-order chi connectivity index (χ1) is 17.4. The van der Waals surface area contributed by atoms with Crippen LogP contribution >= 0.6 is 0 Å². The molecule has 1 heterocycles. The van der Waals surface area contributed by atoms with Crippen molar-refractivity contribution in [1.29, 1.82) is 0 Å². The van der Waals surface area contributed by atoms with Crippen LogP contribution in [0.5, 0.6) is 0 Å². The highest BCUT2D eigenvalue weighted by Gasteiger charge is 2.41. The van der Waals surface area contributed by atoms with E-state index in [2.05, 4.69) is 16.0 Å². The third-order valence-corrected chi connectivity index (χ3v) is 5.88. The summed E-state index contributed by atoms with van der Waals surface area (Å²) in [5.74, 6) is -1.89. The fourth-order valence-electron chi connectivity index (χ4n) is 4.12. The molecule has 0 radical (unpaired) electrons. The second kappa shape index (κ2) is 13.8. The number of amides is 4. The van der Waals surface area contributed by atoms with E-state index >= 15 is 0 Å². The highest BCUT2D eigenvalue weighted by atomic mass is 16.6. The largest absolute Gasteiger partial charge is 0.467 e. The van der Waals surface area contributed by atoms with Gasteiger partial charge < -0.3 is 35.2 Å². The third-order valence-electron chi connectivity index (χ3n) is 5.88. The van der Waals surface area contributed by atoms with Gasteiger partial charge in [-0.15, -0.1) is 0 Å². The first kappa shape index (κ1) is 33.1. The Morgan fingerprint density at radius 3 is 2.11 bits per heavy atom. The molecule has 1 aliphatic heterocycles. The van der Waals surface area contributed by atoms with Gasteiger partial charge in [0.05, 0.1) is 7.11 Å². The maximum Gasteiger partial charge on any atom is 0.408 e. The summed E-state index contributed by atoms with van der Waals surface area (Å²) in [6.45, 7) is 12.6. The summed E-state index contributed by atoms with van der Waals surface area (Å²) in [5, 5.41) is 8.03. The van der Waals surface area contributed by atoms with Crippen LogP contribution in [-0.4, -0.2) is 103 Å². The number of alkyl carbamates (subject to hydrolysis) is 1. The monoisotopic (exact) mass is 541 g/mol. The SMILES string of the molecule is COC(=O)[C@H](CC(C)C)NC(=O)C(C)(C)NC(=O)[C@H]1CCCN1C(=O)[C@H](CN(C)C)NC(=O)OC(C)(C)C. The number of nitrogens with zero attached hydrogens (tertiary/aromatic N) is 2. The molecule has 12 heteroatoms. The molecule has 3 N–H and O–H groups in total. The van der Waals surface area contributed by atoms with Crippen LogP contribution in [0.25, 0.3) is 0 Å². The van der Waals surface area contributed by atoms with Gasteiger partial charge in [0, 0.05) is 13.1 Å². The van der Waals surface area contributed by atoms with E-state index in [1.807, 2.05) is 13.8 Å². The average molecular weight is 542 g/mol. The Balaban J connectivity index is 2.99. The average Bonchev–Trinajstić information content (AvgIpc) is 3.25. The van der Waals surface area contributed by atoms with E-state index in [1.165, 1.54) is 25.9 Å². The lowest BCUT2D eigenvalue weighted by Crippen LogP contribution is -2.62. The molecule has 3 atom stereocenters. The minimum Gasteiger partial charge on any atom is -0.467 e. The van der Waals surface area contributed by atoms with Crippen molar-refractivity contribution in [3.05, 3.63) is 0 Å². The van der Waals surface area contributed by atoms with Crippen molar-refractivity contribution < 1.29 is 33.4 Å². The lowest BCUT2D eigenvalue weighted by atomic mass is 9.99. The molecule has 218 valence electrons. The Bertz CT molecular complexity index is 867. The summed E-state index contributed by atoms with van der Waals surface area (Å²) in [7, 11) is 4.79. The standard InChI is InChI=1S/C26H47N5O7/c1-16(2)14-17(22(34)37-10)27-23(35)26(6,7)29-20(32)19-12-11-13-31(19)21(33)18(15-30(8)9)28-24(36)38-25(3,4)5/h16-19H,11-15H2,1-10H3,(H,27,35)(H,28,36)(H,29,32)/t17-,18-,19+/m0/s1. The van der Waals surface area contributed by atoms with Gasteiger partial charge in [0.2, 0.25) is 17.7 Å². The predicted molar refractivity (Wildman–Crippen MR) is 142 cm³/mol. The number of nitrogens with one attached hydrogen (secondary N) is 3. The zero-order chi connectivity index (χ0) is 29.4. The highest BCUT2D eigenvalue weighted by molar-refractivity contribution is 5.96. The summed E-state index contributed by atoms with van der Waals surface area (Å²) in [5.41, 5.74) is -2.10. The van der Waals surface area contributed by atoms with Gasteiger partial charge >= 0.3 is 12.1 Å². The summed E-state index contributed by atoms with van der Waals surface area (Å²) in [6, 6.07) is -2.59. The van der Waals surface area contributed by atoms with E-state index < -0.39 is 59.0 Å². The van der Waals surface area contributed by atoms with Crippen molar-refractivity contribution in [1.82, 2.24) is 25.8 Å². The number of hydrogen-bond donors (Lipinski definition) is 3. The molecule has 0 saturated carbocycles. The molecular formula is C26H47N5O7. The number of methoxy groups -OCH3 is 1. The van der Waals surface area contributed by atoms with Gasteiger partial charge in [0.25, 0.3) is 0 Å². The van der Waals surface area contributed by atoms with Crippen molar-refractivity contribution in [3.8, 4) is 0 Å². The molecule has 12 nitrogen and oxygen atoms in total. The Morgan fingerprint density at radius 2 is 1.61 bits per heavy atom. The minimum atomic E-state index is -1.37. The number of ether oxygens (including phenoxy) is 2. The Kier molecular flexibility index (Phi) is 12.0. The van der Waals surface area contributed by atoms with Crippen molar-refractivity contribution >= 4 is 29.8 Å². The van der Waals surface area contributed by atoms with Crippen LogP contribution in [0.2, 0.25) is 0 Å². The molecular weight excluding hydrogens is 494 g/mol. The molecule has 0 unspecified atom stereocenters. The second-order valence-electron chi connectivity index (χ2n) is 11.9. The van der Waals surface area contributed by atoms with Crippen LogP contribution in [0.15, 0.2) is 0 Å². The van der Waals surface area contributed by atoms with Crippen molar-refractivity contribution in [2.45, 2.75) is 97.0 Å². The van der Waals surface area contributed by atoms with Gasteiger partial charge in [-0.2, -0.15) is 0 Å². The first-order valence-electron chi connectivity index (χ1n) is 13.0.